The van der Waals surface area contributed by atoms with Crippen molar-refractivity contribution in [3.63, 3.8) is 0 Å². The molecule has 0 aromatic heterocycles. The molecule has 8 heteroatoms. The third-order valence-electron chi connectivity index (χ3n) is 4.71. The molecule has 0 radical (unpaired) electrons. The molecular weight excluding hydrogens is 353 g/mol. The lowest BCUT2D eigenvalue weighted by atomic mass is 9.91. The van der Waals surface area contributed by atoms with Gasteiger partial charge in [0.05, 0.1) is 18.1 Å². The highest BCUT2D eigenvalue weighted by Crippen LogP contribution is 2.42. The molecule has 1 aliphatic heterocycles. The van der Waals surface area contributed by atoms with E-state index in [1.807, 2.05) is 0 Å². The quantitative estimate of drug-likeness (QED) is 0.613. The Balaban J connectivity index is 1.55. The summed E-state index contributed by atoms with van der Waals surface area (Å²) in [5.74, 6) is -0.721. The molecule has 0 amide bonds. The predicted octanol–water partition coefficient (Wildman–Crippen LogP) is 2.31. The minimum Gasteiger partial charge on any atom is -0.491 e. The standard InChI is InChI=1S/C18H19F3O5/c19-18(20,21)10-2-1-3-12(6-10)25-9-11(22)4-5-13-14-7-17(24)26-16(14)8-15(13)23/h1-6,11,13-16,22-23H,7-9H2. The van der Waals surface area contributed by atoms with Gasteiger partial charge in [-0.25, -0.2) is 0 Å². The average molecular weight is 372 g/mol. The zero-order valence-corrected chi connectivity index (χ0v) is 13.7. The predicted molar refractivity (Wildman–Crippen MR) is 84.2 cm³/mol. The van der Waals surface area contributed by atoms with Crippen molar-refractivity contribution in [1.82, 2.24) is 0 Å². The second-order valence-corrected chi connectivity index (χ2v) is 6.57. The largest absolute Gasteiger partial charge is 0.491 e. The van der Waals surface area contributed by atoms with Crippen molar-refractivity contribution in [2.75, 3.05) is 6.61 Å². The van der Waals surface area contributed by atoms with E-state index in [9.17, 15) is 28.2 Å². The Morgan fingerprint density at radius 1 is 1.38 bits per heavy atom. The molecule has 2 N–H and O–H groups in total. The number of aliphatic hydroxyl groups is 2. The summed E-state index contributed by atoms with van der Waals surface area (Å²) in [4.78, 5) is 11.3. The van der Waals surface area contributed by atoms with E-state index in [0.29, 0.717) is 6.42 Å². The Morgan fingerprint density at radius 3 is 2.88 bits per heavy atom. The van der Waals surface area contributed by atoms with Gasteiger partial charge in [0.25, 0.3) is 0 Å². The Bertz CT molecular complexity index is 688. The number of halogens is 3. The minimum absolute atomic E-state index is 0.00281. The van der Waals surface area contributed by atoms with Crippen molar-refractivity contribution in [3.8, 4) is 5.75 Å². The van der Waals surface area contributed by atoms with Gasteiger partial charge in [-0.15, -0.1) is 0 Å². The van der Waals surface area contributed by atoms with Gasteiger partial charge >= 0.3 is 12.1 Å². The molecule has 1 saturated heterocycles. The Kier molecular flexibility index (Phi) is 5.24. The lowest BCUT2D eigenvalue weighted by Crippen LogP contribution is -2.20. The first kappa shape index (κ1) is 18.7. The van der Waals surface area contributed by atoms with Gasteiger partial charge < -0.3 is 19.7 Å². The highest BCUT2D eigenvalue weighted by atomic mass is 19.4. The van der Waals surface area contributed by atoms with Crippen LogP contribution in [0.1, 0.15) is 18.4 Å². The van der Waals surface area contributed by atoms with Gasteiger partial charge in [-0.1, -0.05) is 18.2 Å². The Morgan fingerprint density at radius 2 is 2.15 bits per heavy atom. The summed E-state index contributed by atoms with van der Waals surface area (Å²) in [5, 5.41) is 20.0. The molecule has 3 rings (SSSR count). The molecule has 1 heterocycles. The van der Waals surface area contributed by atoms with Crippen LogP contribution < -0.4 is 4.74 Å². The monoisotopic (exact) mass is 372 g/mol. The number of fused-ring (bicyclic) bond motifs is 1. The van der Waals surface area contributed by atoms with Gasteiger partial charge in [0.2, 0.25) is 0 Å². The van der Waals surface area contributed by atoms with E-state index in [0.717, 1.165) is 12.1 Å². The van der Waals surface area contributed by atoms with E-state index >= 15 is 0 Å². The second-order valence-electron chi connectivity index (χ2n) is 6.57. The Labute approximate surface area is 148 Å². The topological polar surface area (TPSA) is 76.0 Å². The molecule has 142 valence electrons. The van der Waals surface area contributed by atoms with Crippen LogP contribution in [0.25, 0.3) is 0 Å². The van der Waals surface area contributed by atoms with Gasteiger partial charge in [0.15, 0.2) is 0 Å². The number of esters is 1. The lowest BCUT2D eigenvalue weighted by molar-refractivity contribution is -0.142. The van der Waals surface area contributed by atoms with E-state index in [1.54, 1.807) is 6.08 Å². The van der Waals surface area contributed by atoms with Gasteiger partial charge in [-0.3, -0.25) is 4.79 Å². The van der Waals surface area contributed by atoms with E-state index in [2.05, 4.69) is 0 Å². The number of rotatable bonds is 5. The average Bonchev–Trinajstić information content (AvgIpc) is 3.05. The highest BCUT2D eigenvalue weighted by Gasteiger charge is 2.48. The molecule has 5 atom stereocenters. The van der Waals surface area contributed by atoms with Crippen molar-refractivity contribution in [2.45, 2.75) is 37.3 Å². The smallest absolute Gasteiger partial charge is 0.416 e. The van der Waals surface area contributed by atoms with Crippen LogP contribution >= 0.6 is 0 Å². The molecule has 1 aliphatic carbocycles. The van der Waals surface area contributed by atoms with Crippen LogP contribution in [-0.2, 0) is 15.7 Å². The minimum atomic E-state index is -4.46. The molecule has 1 saturated carbocycles. The molecule has 1 aromatic rings. The lowest BCUT2D eigenvalue weighted by Gasteiger charge is -2.16. The summed E-state index contributed by atoms with van der Waals surface area (Å²) in [6.07, 6.45) is -2.85. The van der Waals surface area contributed by atoms with Crippen LogP contribution in [0.3, 0.4) is 0 Å². The summed E-state index contributed by atoms with van der Waals surface area (Å²) in [6, 6.07) is 4.40. The van der Waals surface area contributed by atoms with Crippen LogP contribution in [-0.4, -0.2) is 41.1 Å². The molecular formula is C18H19F3O5. The summed E-state index contributed by atoms with van der Waals surface area (Å²) < 4.78 is 48.3. The third-order valence-corrected chi connectivity index (χ3v) is 4.71. The van der Waals surface area contributed by atoms with Crippen LogP contribution in [0.4, 0.5) is 13.2 Å². The number of aliphatic hydroxyl groups excluding tert-OH is 2. The normalized spacial score (nSPS) is 29.7. The number of ether oxygens (including phenoxy) is 2. The molecule has 26 heavy (non-hydrogen) atoms. The molecule has 0 spiro atoms. The maximum atomic E-state index is 12.7. The van der Waals surface area contributed by atoms with Gasteiger partial charge in [-0.2, -0.15) is 13.2 Å². The van der Waals surface area contributed by atoms with Gasteiger partial charge in [0, 0.05) is 18.3 Å². The fourth-order valence-corrected chi connectivity index (χ4v) is 3.44. The van der Waals surface area contributed by atoms with E-state index in [1.165, 1.54) is 18.2 Å². The zero-order valence-electron chi connectivity index (χ0n) is 13.7. The van der Waals surface area contributed by atoms with E-state index in [4.69, 9.17) is 9.47 Å². The summed E-state index contributed by atoms with van der Waals surface area (Å²) in [6.45, 7) is -0.232. The first-order chi connectivity index (χ1) is 12.2. The number of hydrogen-bond acceptors (Lipinski definition) is 5. The van der Waals surface area contributed by atoms with Crippen LogP contribution in [0.5, 0.6) is 5.75 Å². The zero-order chi connectivity index (χ0) is 18.9. The summed E-state index contributed by atoms with van der Waals surface area (Å²) in [7, 11) is 0. The molecule has 5 nitrogen and oxygen atoms in total. The maximum Gasteiger partial charge on any atom is 0.416 e. The number of carbonyl (C=O) groups is 1. The molecule has 1 aromatic carbocycles. The van der Waals surface area contributed by atoms with Crippen molar-refractivity contribution < 1.29 is 37.7 Å². The van der Waals surface area contributed by atoms with Gasteiger partial charge in [0.1, 0.15) is 24.6 Å². The number of alkyl halides is 3. The van der Waals surface area contributed by atoms with Crippen molar-refractivity contribution >= 4 is 5.97 Å². The van der Waals surface area contributed by atoms with Crippen molar-refractivity contribution in [2.24, 2.45) is 11.8 Å². The SMILES string of the molecule is O=C1CC2C(CC(O)C2C=CC(O)COc2cccc(C(F)(F)F)c2)O1. The van der Waals surface area contributed by atoms with Crippen molar-refractivity contribution in [1.29, 1.82) is 0 Å². The Hall–Kier alpha value is -2.06. The third kappa shape index (κ3) is 4.19. The van der Waals surface area contributed by atoms with Gasteiger partial charge in [-0.05, 0) is 18.2 Å². The molecule has 2 aliphatic rings. The second kappa shape index (κ2) is 7.28. The van der Waals surface area contributed by atoms with E-state index in [-0.39, 0.29) is 42.7 Å². The van der Waals surface area contributed by atoms with E-state index < -0.39 is 23.9 Å². The fraction of sp³-hybridized carbons (Fsp3) is 0.500. The van der Waals surface area contributed by atoms with Crippen LogP contribution in [0, 0.1) is 11.8 Å². The molecule has 2 fully saturated rings. The number of hydrogen-bond donors (Lipinski definition) is 2. The first-order valence-corrected chi connectivity index (χ1v) is 8.28. The highest BCUT2D eigenvalue weighted by molar-refractivity contribution is 5.72. The number of carbonyl (C=O) groups excluding carboxylic acids is 1. The summed E-state index contributed by atoms with van der Waals surface area (Å²) in [5.41, 5.74) is -0.828. The van der Waals surface area contributed by atoms with Crippen molar-refractivity contribution in [3.05, 3.63) is 42.0 Å². The molecule has 5 unspecified atom stereocenters. The fourth-order valence-electron chi connectivity index (χ4n) is 3.44. The maximum absolute atomic E-state index is 12.7. The number of benzene rings is 1. The van der Waals surface area contributed by atoms with Crippen LogP contribution in [0.15, 0.2) is 36.4 Å². The molecule has 0 bridgehead atoms. The first-order valence-electron chi connectivity index (χ1n) is 8.28. The van der Waals surface area contributed by atoms with Crippen LogP contribution in [0.2, 0.25) is 0 Å². The summed E-state index contributed by atoms with van der Waals surface area (Å²) >= 11 is 0.